The SMILES string of the molecule is CC(C)[Si](OC1=CC[C@@H](c2ccc3c(c2)OCO3)CC1)(C(C)C)C(C)C. The number of benzene rings is 1. The molecule has 1 atom stereocenters. The van der Waals surface area contributed by atoms with Crippen LogP contribution in [0.2, 0.25) is 16.6 Å². The molecule has 0 radical (unpaired) electrons. The van der Waals surface area contributed by atoms with Crippen LogP contribution in [-0.2, 0) is 4.43 Å². The molecule has 144 valence electrons. The van der Waals surface area contributed by atoms with Gasteiger partial charge in [-0.05, 0) is 59.2 Å². The van der Waals surface area contributed by atoms with Crippen LogP contribution in [0.15, 0.2) is 30.0 Å². The molecule has 4 heteroatoms. The average Bonchev–Trinajstić information content (AvgIpc) is 3.07. The molecule has 1 aromatic rings. The van der Waals surface area contributed by atoms with E-state index in [1.807, 2.05) is 6.07 Å². The van der Waals surface area contributed by atoms with Gasteiger partial charge in [0.25, 0.3) is 8.32 Å². The van der Waals surface area contributed by atoms with Crippen LogP contribution in [0.5, 0.6) is 11.5 Å². The van der Waals surface area contributed by atoms with E-state index in [4.69, 9.17) is 13.9 Å². The zero-order chi connectivity index (χ0) is 18.9. The van der Waals surface area contributed by atoms with Gasteiger partial charge in [-0.3, -0.25) is 0 Å². The first-order chi connectivity index (χ1) is 12.3. The summed E-state index contributed by atoms with van der Waals surface area (Å²) in [6, 6.07) is 6.39. The monoisotopic (exact) mass is 374 g/mol. The minimum atomic E-state index is -1.84. The van der Waals surface area contributed by atoms with Crippen LogP contribution in [0.1, 0.15) is 72.3 Å². The van der Waals surface area contributed by atoms with Crippen LogP contribution in [0.25, 0.3) is 0 Å². The number of allylic oxidation sites excluding steroid dienone is 2. The largest absolute Gasteiger partial charge is 0.546 e. The second kappa shape index (κ2) is 7.67. The lowest BCUT2D eigenvalue weighted by molar-refractivity contribution is 0.174. The number of hydrogen-bond donors (Lipinski definition) is 0. The van der Waals surface area contributed by atoms with E-state index >= 15 is 0 Å². The third-order valence-corrected chi connectivity index (χ3v) is 12.3. The van der Waals surface area contributed by atoms with Crippen molar-refractivity contribution in [3.8, 4) is 11.5 Å². The van der Waals surface area contributed by atoms with E-state index in [1.165, 1.54) is 11.3 Å². The van der Waals surface area contributed by atoms with Crippen molar-refractivity contribution in [1.82, 2.24) is 0 Å². The molecule has 0 bridgehead atoms. The van der Waals surface area contributed by atoms with Crippen LogP contribution >= 0.6 is 0 Å². The van der Waals surface area contributed by atoms with Gasteiger partial charge in [0.15, 0.2) is 11.5 Å². The lowest BCUT2D eigenvalue weighted by atomic mass is 9.87. The minimum Gasteiger partial charge on any atom is -0.546 e. The van der Waals surface area contributed by atoms with E-state index in [0.717, 1.165) is 30.8 Å². The van der Waals surface area contributed by atoms with Crippen molar-refractivity contribution in [3.63, 3.8) is 0 Å². The highest BCUT2D eigenvalue weighted by atomic mass is 28.4. The first-order valence-corrected chi connectivity index (χ1v) is 12.3. The molecule has 0 fully saturated rings. The molecule has 1 aliphatic heterocycles. The van der Waals surface area contributed by atoms with Gasteiger partial charge in [-0.15, -0.1) is 0 Å². The van der Waals surface area contributed by atoms with Crippen molar-refractivity contribution in [1.29, 1.82) is 0 Å². The first kappa shape index (κ1) is 19.3. The fourth-order valence-electron chi connectivity index (χ4n) is 4.95. The first-order valence-electron chi connectivity index (χ1n) is 10.1. The third-order valence-electron chi connectivity index (χ3n) is 6.25. The number of rotatable bonds is 6. The third kappa shape index (κ3) is 3.53. The van der Waals surface area contributed by atoms with Gasteiger partial charge in [0.2, 0.25) is 6.79 Å². The van der Waals surface area contributed by atoms with Crippen LogP contribution in [0, 0.1) is 0 Å². The Morgan fingerprint density at radius 3 is 2.19 bits per heavy atom. The van der Waals surface area contributed by atoms with E-state index in [9.17, 15) is 0 Å². The van der Waals surface area contributed by atoms with Gasteiger partial charge in [0.05, 0.1) is 5.76 Å². The van der Waals surface area contributed by atoms with Gasteiger partial charge in [-0.2, -0.15) is 0 Å². The van der Waals surface area contributed by atoms with Crippen LogP contribution in [0.3, 0.4) is 0 Å². The molecule has 0 spiro atoms. The van der Waals surface area contributed by atoms with E-state index in [2.05, 4.69) is 59.8 Å². The predicted octanol–water partition coefficient (Wildman–Crippen LogP) is 6.76. The van der Waals surface area contributed by atoms with Crippen molar-refractivity contribution in [3.05, 3.63) is 35.6 Å². The fourth-order valence-corrected chi connectivity index (χ4v) is 10.3. The molecule has 0 amide bonds. The van der Waals surface area contributed by atoms with Gasteiger partial charge in [0, 0.05) is 6.42 Å². The number of fused-ring (bicyclic) bond motifs is 1. The van der Waals surface area contributed by atoms with Gasteiger partial charge in [-0.25, -0.2) is 0 Å². The van der Waals surface area contributed by atoms with Gasteiger partial charge in [0.1, 0.15) is 0 Å². The Balaban J connectivity index is 1.73. The highest BCUT2D eigenvalue weighted by Gasteiger charge is 2.47. The molecule has 1 aliphatic carbocycles. The smallest absolute Gasteiger partial charge is 0.258 e. The Labute approximate surface area is 159 Å². The highest BCUT2D eigenvalue weighted by Crippen LogP contribution is 2.46. The predicted molar refractivity (Wildman–Crippen MR) is 109 cm³/mol. The van der Waals surface area contributed by atoms with Crippen LogP contribution < -0.4 is 9.47 Å². The molecule has 0 aromatic heterocycles. The molecule has 0 saturated heterocycles. The van der Waals surface area contributed by atoms with E-state index < -0.39 is 8.32 Å². The summed E-state index contributed by atoms with van der Waals surface area (Å²) in [4.78, 5) is 0. The molecular weight excluding hydrogens is 340 g/mol. The summed E-state index contributed by atoms with van der Waals surface area (Å²) in [7, 11) is -1.84. The minimum absolute atomic E-state index is 0.341. The second-order valence-corrected chi connectivity index (χ2v) is 14.0. The highest BCUT2D eigenvalue weighted by molar-refractivity contribution is 6.77. The maximum Gasteiger partial charge on any atom is 0.258 e. The maximum atomic E-state index is 6.88. The van der Waals surface area contributed by atoms with Crippen LogP contribution in [-0.4, -0.2) is 15.1 Å². The normalized spacial score (nSPS) is 20.0. The summed E-state index contributed by atoms with van der Waals surface area (Å²) in [6.45, 7) is 14.5. The summed E-state index contributed by atoms with van der Waals surface area (Å²) in [5.74, 6) is 3.54. The molecule has 0 N–H and O–H groups in total. The summed E-state index contributed by atoms with van der Waals surface area (Å²) in [6.07, 6.45) is 5.59. The summed E-state index contributed by atoms with van der Waals surface area (Å²) in [5.41, 5.74) is 3.21. The Hall–Kier alpha value is -1.42. The molecule has 2 aliphatic rings. The molecule has 3 rings (SSSR count). The zero-order valence-corrected chi connectivity index (χ0v) is 18.2. The maximum absolute atomic E-state index is 6.88. The van der Waals surface area contributed by atoms with E-state index in [-0.39, 0.29) is 0 Å². The average molecular weight is 375 g/mol. The van der Waals surface area contributed by atoms with Crippen molar-refractivity contribution < 1.29 is 13.9 Å². The van der Waals surface area contributed by atoms with Crippen molar-refractivity contribution in [2.24, 2.45) is 0 Å². The van der Waals surface area contributed by atoms with E-state index in [1.54, 1.807) is 0 Å². The number of ether oxygens (including phenoxy) is 2. The molecule has 1 heterocycles. The molecule has 0 saturated carbocycles. The van der Waals surface area contributed by atoms with E-state index in [0.29, 0.717) is 29.3 Å². The van der Waals surface area contributed by atoms with Gasteiger partial charge in [-0.1, -0.05) is 47.6 Å². The standard InChI is InChI=1S/C22H34O3Si/c1-15(2)26(16(3)4,17(5)6)25-20-10-7-18(8-11-20)19-9-12-21-22(13-19)24-14-23-21/h9-10,12-13,15-18H,7-8,11,14H2,1-6H3/t18-/m1/s1. The van der Waals surface area contributed by atoms with Gasteiger partial charge < -0.3 is 13.9 Å². The Bertz CT molecular complexity index is 642. The van der Waals surface area contributed by atoms with Crippen molar-refractivity contribution in [2.75, 3.05) is 6.79 Å². The Kier molecular flexibility index (Phi) is 5.71. The summed E-state index contributed by atoms with van der Waals surface area (Å²) >= 11 is 0. The molecule has 26 heavy (non-hydrogen) atoms. The fraction of sp³-hybridized carbons (Fsp3) is 0.636. The van der Waals surface area contributed by atoms with Gasteiger partial charge >= 0.3 is 0 Å². The molecular formula is C22H34O3Si. The summed E-state index contributed by atoms with van der Waals surface area (Å²) < 4.78 is 17.8. The molecule has 1 aromatic carbocycles. The quantitative estimate of drug-likeness (QED) is 0.515. The zero-order valence-electron chi connectivity index (χ0n) is 17.2. The van der Waals surface area contributed by atoms with Crippen molar-refractivity contribution >= 4 is 8.32 Å². The number of hydrogen-bond acceptors (Lipinski definition) is 3. The lowest BCUT2D eigenvalue weighted by Crippen LogP contribution is -2.47. The Morgan fingerprint density at radius 2 is 1.62 bits per heavy atom. The Morgan fingerprint density at radius 1 is 0.962 bits per heavy atom. The second-order valence-electron chi connectivity index (χ2n) is 8.67. The summed E-state index contributed by atoms with van der Waals surface area (Å²) in [5, 5.41) is 0. The van der Waals surface area contributed by atoms with Crippen molar-refractivity contribution in [2.45, 2.75) is 83.3 Å². The van der Waals surface area contributed by atoms with Crippen LogP contribution in [0.4, 0.5) is 0 Å². The lowest BCUT2D eigenvalue weighted by Gasteiger charge is -2.43. The topological polar surface area (TPSA) is 27.7 Å². The molecule has 0 unspecified atom stereocenters. The molecule has 3 nitrogen and oxygen atoms in total.